The highest BCUT2D eigenvalue weighted by molar-refractivity contribution is 5.75. The molecule has 0 bridgehead atoms. The van der Waals surface area contributed by atoms with E-state index >= 15 is 0 Å². The first-order chi connectivity index (χ1) is 10.8. The van der Waals surface area contributed by atoms with Gasteiger partial charge in [-0.3, -0.25) is 9.78 Å². The van der Waals surface area contributed by atoms with Gasteiger partial charge >= 0.3 is 12.1 Å². The highest BCUT2D eigenvalue weighted by atomic mass is 19.4. The smallest absolute Gasteiger partial charge is 0.417 e. The maximum Gasteiger partial charge on any atom is 0.417 e. The molecule has 8 heteroatoms. The van der Waals surface area contributed by atoms with Crippen LogP contribution in [0.4, 0.5) is 13.2 Å². The van der Waals surface area contributed by atoms with Crippen molar-refractivity contribution >= 4 is 5.97 Å². The summed E-state index contributed by atoms with van der Waals surface area (Å²) in [5.41, 5.74) is -1.03. The summed E-state index contributed by atoms with van der Waals surface area (Å²) in [5.74, 6) is -2.66. The van der Waals surface area contributed by atoms with E-state index in [0.29, 0.717) is 6.20 Å². The molecular weight excluding hydrogens is 315 g/mol. The molecule has 1 aromatic carbocycles. The number of phenolic OH excluding ortho intramolecular Hbond substituents is 1. The number of aromatic nitrogens is 1. The monoisotopic (exact) mass is 327 g/mol. The van der Waals surface area contributed by atoms with Crippen molar-refractivity contribution in [1.82, 2.24) is 4.98 Å². The second-order valence-corrected chi connectivity index (χ2v) is 4.64. The van der Waals surface area contributed by atoms with Gasteiger partial charge in [0.05, 0.1) is 11.3 Å². The molecule has 1 heterocycles. The van der Waals surface area contributed by atoms with Crippen LogP contribution in [0.2, 0.25) is 0 Å². The molecule has 2 rings (SSSR count). The molecule has 1 unspecified atom stereocenters. The topological polar surface area (TPSA) is 79.7 Å². The van der Waals surface area contributed by atoms with Crippen molar-refractivity contribution in [3.8, 4) is 11.5 Å². The number of alkyl halides is 3. The van der Waals surface area contributed by atoms with Crippen LogP contribution in [0.15, 0.2) is 42.6 Å². The number of hydrogen-bond acceptors (Lipinski definition) is 4. The van der Waals surface area contributed by atoms with Gasteiger partial charge in [0, 0.05) is 6.20 Å². The van der Waals surface area contributed by atoms with E-state index in [0.717, 1.165) is 12.1 Å². The molecule has 1 atom stereocenters. The van der Waals surface area contributed by atoms with E-state index in [1.807, 2.05) is 0 Å². The normalized spacial score (nSPS) is 12.7. The Balaban J connectivity index is 2.16. The number of ether oxygens (including phenoxy) is 1. The van der Waals surface area contributed by atoms with Crippen molar-refractivity contribution in [1.29, 1.82) is 0 Å². The van der Waals surface area contributed by atoms with Crippen LogP contribution in [0.5, 0.6) is 11.5 Å². The van der Waals surface area contributed by atoms with Gasteiger partial charge in [-0.2, -0.15) is 13.2 Å². The first kappa shape index (κ1) is 16.6. The number of carbonyl (C=O) groups is 1. The lowest BCUT2D eigenvalue weighted by atomic mass is 10.1. The molecule has 0 aliphatic carbocycles. The second-order valence-electron chi connectivity index (χ2n) is 4.64. The van der Waals surface area contributed by atoms with Crippen molar-refractivity contribution in [3.05, 3.63) is 53.9 Å². The zero-order valence-electron chi connectivity index (χ0n) is 11.6. The summed E-state index contributed by atoms with van der Waals surface area (Å²) in [5, 5.41) is 18.7. The van der Waals surface area contributed by atoms with E-state index < -0.39 is 23.6 Å². The average molecular weight is 327 g/mol. The summed E-state index contributed by atoms with van der Waals surface area (Å²) in [6.45, 7) is -0.384. The maximum absolute atomic E-state index is 12.5. The van der Waals surface area contributed by atoms with Gasteiger partial charge in [0.2, 0.25) is 0 Å². The van der Waals surface area contributed by atoms with E-state index in [9.17, 15) is 28.2 Å². The molecule has 2 aromatic rings. The Morgan fingerprint density at radius 1 is 1.22 bits per heavy atom. The minimum Gasteiger partial charge on any atom is -0.504 e. The molecule has 0 saturated carbocycles. The molecule has 0 radical (unpaired) electrons. The molecule has 0 amide bonds. The van der Waals surface area contributed by atoms with Crippen LogP contribution < -0.4 is 4.74 Å². The standard InChI is InChI=1S/C15H12F3NO4/c16-15(17,18)9-5-6-11(19-7-9)10(14(21)22)8-23-13-4-2-1-3-12(13)20/h1-7,10,20H,8H2,(H,21,22). The van der Waals surface area contributed by atoms with Crippen molar-refractivity contribution in [2.45, 2.75) is 12.1 Å². The van der Waals surface area contributed by atoms with Gasteiger partial charge in [-0.1, -0.05) is 12.1 Å². The van der Waals surface area contributed by atoms with Crippen LogP contribution in [0.1, 0.15) is 17.2 Å². The van der Waals surface area contributed by atoms with E-state index in [-0.39, 0.29) is 23.8 Å². The minimum atomic E-state index is -4.55. The quantitative estimate of drug-likeness (QED) is 0.882. The Labute approximate surface area is 129 Å². The number of aliphatic carboxylic acids is 1. The van der Waals surface area contributed by atoms with Crippen LogP contribution in [-0.2, 0) is 11.0 Å². The predicted molar refractivity (Wildman–Crippen MR) is 73.2 cm³/mol. The molecule has 1 aromatic heterocycles. The predicted octanol–water partition coefficient (Wildman–Crippen LogP) is 3.05. The number of pyridine rings is 1. The molecule has 0 fully saturated rings. The summed E-state index contributed by atoms with van der Waals surface area (Å²) in [6, 6.07) is 7.71. The van der Waals surface area contributed by atoms with Crippen LogP contribution in [0.3, 0.4) is 0 Å². The SMILES string of the molecule is O=C(O)C(COc1ccccc1O)c1ccc(C(F)(F)F)cn1. The fraction of sp³-hybridized carbons (Fsp3) is 0.200. The maximum atomic E-state index is 12.5. The third-order valence-electron chi connectivity index (χ3n) is 3.04. The summed E-state index contributed by atoms with van der Waals surface area (Å²) < 4.78 is 42.7. The Morgan fingerprint density at radius 2 is 1.91 bits per heavy atom. The summed E-state index contributed by atoms with van der Waals surface area (Å²) >= 11 is 0. The van der Waals surface area contributed by atoms with Crippen LogP contribution in [-0.4, -0.2) is 27.8 Å². The van der Waals surface area contributed by atoms with Crippen molar-refractivity contribution in [3.63, 3.8) is 0 Å². The van der Waals surface area contributed by atoms with Crippen LogP contribution in [0.25, 0.3) is 0 Å². The summed E-state index contributed by atoms with van der Waals surface area (Å²) in [7, 11) is 0. The zero-order chi connectivity index (χ0) is 17.0. The second kappa shape index (κ2) is 6.55. The Bertz CT molecular complexity index is 686. The van der Waals surface area contributed by atoms with Gasteiger partial charge in [0.15, 0.2) is 11.5 Å². The van der Waals surface area contributed by atoms with Gasteiger partial charge in [0.25, 0.3) is 0 Å². The van der Waals surface area contributed by atoms with Crippen molar-refractivity contribution < 1.29 is 32.9 Å². The van der Waals surface area contributed by atoms with Crippen LogP contribution >= 0.6 is 0 Å². The molecule has 0 aliphatic heterocycles. The lowest BCUT2D eigenvalue weighted by molar-refractivity contribution is -0.139. The lowest BCUT2D eigenvalue weighted by Gasteiger charge is -2.15. The van der Waals surface area contributed by atoms with Crippen molar-refractivity contribution in [2.24, 2.45) is 0 Å². The fourth-order valence-corrected chi connectivity index (χ4v) is 1.81. The highest BCUT2D eigenvalue weighted by Crippen LogP contribution is 2.30. The molecular formula is C15H12F3NO4. The first-order valence-electron chi connectivity index (χ1n) is 6.46. The Kier molecular flexibility index (Phi) is 4.73. The summed E-state index contributed by atoms with van der Waals surface area (Å²) in [6.07, 6.45) is -3.97. The average Bonchev–Trinajstić information content (AvgIpc) is 2.48. The lowest BCUT2D eigenvalue weighted by Crippen LogP contribution is -2.21. The minimum absolute atomic E-state index is 0.0686. The molecule has 122 valence electrons. The van der Waals surface area contributed by atoms with Crippen LogP contribution in [0, 0.1) is 0 Å². The number of carboxylic acids is 1. The Morgan fingerprint density at radius 3 is 2.43 bits per heavy atom. The molecule has 0 saturated heterocycles. The summed E-state index contributed by atoms with van der Waals surface area (Å²) in [4.78, 5) is 14.8. The highest BCUT2D eigenvalue weighted by Gasteiger charge is 2.31. The number of hydrogen-bond donors (Lipinski definition) is 2. The number of para-hydroxylation sites is 2. The molecule has 23 heavy (non-hydrogen) atoms. The van der Waals surface area contributed by atoms with Gasteiger partial charge < -0.3 is 14.9 Å². The number of rotatable bonds is 5. The molecule has 5 nitrogen and oxygen atoms in total. The molecule has 2 N–H and O–H groups in total. The zero-order valence-corrected chi connectivity index (χ0v) is 11.6. The Hall–Kier alpha value is -2.77. The largest absolute Gasteiger partial charge is 0.504 e. The number of halogens is 3. The number of nitrogens with zero attached hydrogens (tertiary/aromatic N) is 1. The third kappa shape index (κ3) is 4.12. The van der Waals surface area contributed by atoms with E-state index in [1.54, 1.807) is 12.1 Å². The fourth-order valence-electron chi connectivity index (χ4n) is 1.81. The van der Waals surface area contributed by atoms with E-state index in [1.165, 1.54) is 12.1 Å². The van der Waals surface area contributed by atoms with E-state index in [4.69, 9.17) is 4.74 Å². The first-order valence-corrected chi connectivity index (χ1v) is 6.46. The number of phenols is 1. The third-order valence-corrected chi connectivity index (χ3v) is 3.04. The van der Waals surface area contributed by atoms with E-state index in [2.05, 4.69) is 4.98 Å². The number of benzene rings is 1. The van der Waals surface area contributed by atoms with Gasteiger partial charge in [-0.15, -0.1) is 0 Å². The van der Waals surface area contributed by atoms with Gasteiger partial charge in [-0.25, -0.2) is 0 Å². The number of aromatic hydroxyl groups is 1. The van der Waals surface area contributed by atoms with Gasteiger partial charge in [-0.05, 0) is 24.3 Å². The molecule has 0 spiro atoms. The van der Waals surface area contributed by atoms with Gasteiger partial charge in [0.1, 0.15) is 12.5 Å². The molecule has 0 aliphatic rings. The van der Waals surface area contributed by atoms with Crippen molar-refractivity contribution in [2.75, 3.05) is 6.61 Å². The number of carboxylic acid groups (broad SMARTS) is 1.